The average molecular weight is 338 g/mol. The van der Waals surface area contributed by atoms with Crippen LogP contribution in [0.15, 0.2) is 23.8 Å². The number of rotatable bonds is 3. The van der Waals surface area contributed by atoms with Crippen molar-refractivity contribution in [3.8, 4) is 11.5 Å². The van der Waals surface area contributed by atoms with Crippen molar-refractivity contribution in [2.24, 2.45) is 0 Å². The number of benzene rings is 2. The molecule has 0 radical (unpaired) electrons. The lowest BCUT2D eigenvalue weighted by Crippen LogP contribution is -2.04. The smallest absolute Gasteiger partial charge is 0.191 e. The molecule has 0 amide bonds. The van der Waals surface area contributed by atoms with Gasteiger partial charge in [-0.2, -0.15) is 0 Å². The largest absolute Gasteiger partial charge is 0.493 e. The number of anilines is 2. The van der Waals surface area contributed by atoms with Crippen molar-refractivity contribution >= 4 is 23.2 Å². The normalized spacial score (nSPS) is 14.7. The van der Waals surface area contributed by atoms with Gasteiger partial charge < -0.3 is 20.9 Å². The second kappa shape index (κ2) is 6.16. The molecule has 2 aromatic carbocycles. The van der Waals surface area contributed by atoms with Crippen molar-refractivity contribution in [1.29, 1.82) is 0 Å². The second-order valence-electron chi connectivity index (χ2n) is 6.30. The number of ketones is 1. The Kier molecular flexibility index (Phi) is 4.17. The van der Waals surface area contributed by atoms with Gasteiger partial charge in [0, 0.05) is 17.7 Å². The van der Waals surface area contributed by atoms with E-state index in [1.54, 1.807) is 7.11 Å². The first-order chi connectivity index (χ1) is 11.9. The van der Waals surface area contributed by atoms with Gasteiger partial charge in [0.1, 0.15) is 0 Å². The number of carbonyl (C=O) groups excluding carboxylic acids is 1. The highest BCUT2D eigenvalue weighted by Crippen LogP contribution is 2.43. The quantitative estimate of drug-likeness (QED) is 0.662. The first-order valence-electron chi connectivity index (χ1n) is 8.02. The summed E-state index contributed by atoms with van der Waals surface area (Å²) in [5, 5.41) is 0. The van der Waals surface area contributed by atoms with E-state index in [0.29, 0.717) is 34.7 Å². The van der Waals surface area contributed by atoms with Crippen LogP contribution in [0.4, 0.5) is 11.4 Å². The van der Waals surface area contributed by atoms with Gasteiger partial charge in [0.15, 0.2) is 17.3 Å². The van der Waals surface area contributed by atoms with Crippen LogP contribution in [0.25, 0.3) is 6.08 Å². The number of aryl methyl sites for hydroxylation is 2. The number of nitrogen functional groups attached to an aromatic ring is 2. The second-order valence-corrected chi connectivity index (χ2v) is 6.30. The molecular formula is C20H22N2O3. The van der Waals surface area contributed by atoms with Crippen LogP contribution in [-0.4, -0.2) is 20.0 Å². The molecule has 0 atom stereocenters. The molecule has 2 aromatic rings. The predicted octanol–water partition coefficient (Wildman–Crippen LogP) is 3.31. The van der Waals surface area contributed by atoms with Crippen LogP contribution < -0.4 is 20.9 Å². The maximum atomic E-state index is 12.9. The molecular weight excluding hydrogens is 316 g/mol. The third kappa shape index (κ3) is 2.71. The van der Waals surface area contributed by atoms with Crippen LogP contribution in [-0.2, 0) is 6.42 Å². The lowest BCUT2D eigenvalue weighted by Gasteiger charge is -2.13. The van der Waals surface area contributed by atoms with E-state index in [2.05, 4.69) is 0 Å². The molecule has 0 saturated heterocycles. The number of ether oxygens (including phenoxy) is 2. The first-order valence-corrected chi connectivity index (χ1v) is 8.02. The number of hydrogen-bond donors (Lipinski definition) is 2. The highest BCUT2D eigenvalue weighted by molar-refractivity contribution is 6.19. The highest BCUT2D eigenvalue weighted by Gasteiger charge is 2.30. The summed E-state index contributed by atoms with van der Waals surface area (Å²) < 4.78 is 10.6. The monoisotopic (exact) mass is 338 g/mol. The third-order valence-corrected chi connectivity index (χ3v) is 4.64. The fraction of sp³-hybridized carbons (Fsp3) is 0.250. The maximum absolute atomic E-state index is 12.9. The Morgan fingerprint density at radius 1 is 1.00 bits per heavy atom. The number of methoxy groups -OCH3 is 2. The maximum Gasteiger partial charge on any atom is 0.191 e. The zero-order valence-corrected chi connectivity index (χ0v) is 14.9. The molecule has 5 nitrogen and oxygen atoms in total. The number of Topliss-reactive ketones (excluding diaryl/α,β-unsaturated/α-hetero) is 1. The Balaban J connectivity index is 2.08. The molecule has 0 aliphatic heterocycles. The lowest BCUT2D eigenvalue weighted by molar-refractivity contribution is 0.104. The molecule has 1 aliphatic carbocycles. The van der Waals surface area contributed by atoms with E-state index >= 15 is 0 Å². The molecule has 25 heavy (non-hydrogen) atoms. The molecule has 0 bridgehead atoms. The lowest BCUT2D eigenvalue weighted by atomic mass is 10.0. The van der Waals surface area contributed by atoms with Gasteiger partial charge in [-0.05, 0) is 60.4 Å². The van der Waals surface area contributed by atoms with Crippen molar-refractivity contribution in [3.05, 3.63) is 51.6 Å². The van der Waals surface area contributed by atoms with Crippen molar-refractivity contribution in [1.82, 2.24) is 0 Å². The van der Waals surface area contributed by atoms with E-state index in [0.717, 1.165) is 27.9 Å². The minimum absolute atomic E-state index is 0.0689. The van der Waals surface area contributed by atoms with E-state index in [9.17, 15) is 4.79 Å². The minimum atomic E-state index is -0.0689. The van der Waals surface area contributed by atoms with Crippen LogP contribution in [0.3, 0.4) is 0 Å². The Hall–Kier alpha value is -2.95. The molecule has 5 heteroatoms. The Morgan fingerprint density at radius 3 is 2.20 bits per heavy atom. The van der Waals surface area contributed by atoms with Gasteiger partial charge >= 0.3 is 0 Å². The molecule has 0 fully saturated rings. The van der Waals surface area contributed by atoms with Crippen LogP contribution in [0.1, 0.15) is 32.6 Å². The fourth-order valence-electron chi connectivity index (χ4n) is 3.34. The summed E-state index contributed by atoms with van der Waals surface area (Å²) in [6.45, 7) is 3.92. The standard InChI is InChI=1S/C20H22N2O3/c1-10-5-12(6-11(2)17(10)21)7-14-8-13-9-15(24-3)20(25-4)18(22)16(13)19(14)23/h5-7,9H,8,21-22H2,1-4H3/b14-7+. The van der Waals surface area contributed by atoms with E-state index in [1.165, 1.54) is 7.11 Å². The number of hydrogen-bond acceptors (Lipinski definition) is 5. The molecule has 0 spiro atoms. The van der Waals surface area contributed by atoms with Gasteiger partial charge in [-0.15, -0.1) is 0 Å². The van der Waals surface area contributed by atoms with Crippen LogP contribution in [0, 0.1) is 13.8 Å². The molecule has 130 valence electrons. The fourth-order valence-corrected chi connectivity index (χ4v) is 3.34. The summed E-state index contributed by atoms with van der Waals surface area (Å²) in [5.41, 5.74) is 18.3. The van der Waals surface area contributed by atoms with Crippen LogP contribution in [0.2, 0.25) is 0 Å². The molecule has 3 rings (SSSR count). The van der Waals surface area contributed by atoms with Crippen molar-refractivity contribution in [3.63, 3.8) is 0 Å². The summed E-state index contributed by atoms with van der Waals surface area (Å²) >= 11 is 0. The van der Waals surface area contributed by atoms with Crippen molar-refractivity contribution in [2.75, 3.05) is 25.7 Å². The molecule has 0 unspecified atom stereocenters. The zero-order chi connectivity index (χ0) is 18.3. The highest BCUT2D eigenvalue weighted by atomic mass is 16.5. The molecule has 0 saturated carbocycles. The van der Waals surface area contributed by atoms with Crippen LogP contribution in [0.5, 0.6) is 11.5 Å². The zero-order valence-electron chi connectivity index (χ0n) is 14.9. The molecule has 1 aliphatic rings. The number of carbonyl (C=O) groups is 1. The molecule has 0 heterocycles. The average Bonchev–Trinajstić information content (AvgIpc) is 2.88. The number of fused-ring (bicyclic) bond motifs is 1. The first kappa shape index (κ1) is 16.9. The van der Waals surface area contributed by atoms with Gasteiger partial charge in [-0.25, -0.2) is 0 Å². The van der Waals surface area contributed by atoms with E-state index in [-0.39, 0.29) is 5.78 Å². The predicted molar refractivity (Wildman–Crippen MR) is 100 cm³/mol. The van der Waals surface area contributed by atoms with Gasteiger partial charge in [0.2, 0.25) is 0 Å². The van der Waals surface area contributed by atoms with Crippen molar-refractivity contribution < 1.29 is 14.3 Å². The summed E-state index contributed by atoms with van der Waals surface area (Å²) in [6, 6.07) is 5.79. The van der Waals surface area contributed by atoms with Gasteiger partial charge in [-0.3, -0.25) is 4.79 Å². The number of allylic oxidation sites excluding steroid dienone is 1. The SMILES string of the molecule is COc1cc2c(c(N)c1OC)C(=O)/C(=C/c1cc(C)c(N)c(C)c1)C2. The van der Waals surface area contributed by atoms with E-state index in [4.69, 9.17) is 20.9 Å². The Morgan fingerprint density at radius 2 is 1.64 bits per heavy atom. The minimum Gasteiger partial charge on any atom is -0.493 e. The third-order valence-electron chi connectivity index (χ3n) is 4.64. The summed E-state index contributed by atoms with van der Waals surface area (Å²) in [4.78, 5) is 12.9. The van der Waals surface area contributed by atoms with E-state index in [1.807, 2.05) is 38.1 Å². The van der Waals surface area contributed by atoms with Gasteiger partial charge in [0.25, 0.3) is 0 Å². The molecule has 4 N–H and O–H groups in total. The van der Waals surface area contributed by atoms with Crippen molar-refractivity contribution in [2.45, 2.75) is 20.3 Å². The Labute approximate surface area is 147 Å². The number of nitrogens with two attached hydrogens (primary N) is 2. The van der Waals surface area contributed by atoms with E-state index < -0.39 is 0 Å². The van der Waals surface area contributed by atoms with Crippen LogP contribution >= 0.6 is 0 Å². The summed E-state index contributed by atoms with van der Waals surface area (Å²) in [5.74, 6) is 0.864. The van der Waals surface area contributed by atoms with Gasteiger partial charge in [-0.1, -0.05) is 0 Å². The topological polar surface area (TPSA) is 87.6 Å². The van der Waals surface area contributed by atoms with Gasteiger partial charge in [0.05, 0.1) is 25.5 Å². The molecule has 0 aromatic heterocycles. The summed E-state index contributed by atoms with van der Waals surface area (Å²) in [7, 11) is 3.06. The summed E-state index contributed by atoms with van der Waals surface area (Å²) in [6.07, 6.45) is 2.42. The Bertz CT molecular complexity index is 891.